The normalized spacial score (nSPS) is 26.6. The predicted octanol–water partition coefficient (Wildman–Crippen LogP) is 1.14. The fraction of sp³-hybridized carbons (Fsp3) is 0.769. The van der Waals surface area contributed by atoms with E-state index in [4.69, 9.17) is 4.74 Å². The molecule has 0 amide bonds. The van der Waals surface area contributed by atoms with Crippen molar-refractivity contribution in [3.8, 4) is 0 Å². The minimum atomic E-state index is -0.569. The zero-order valence-corrected chi connectivity index (χ0v) is 12.1. The van der Waals surface area contributed by atoms with Gasteiger partial charge in [-0.15, -0.1) is 0 Å². The van der Waals surface area contributed by atoms with Crippen molar-refractivity contribution in [3.63, 3.8) is 0 Å². The summed E-state index contributed by atoms with van der Waals surface area (Å²) in [4.78, 5) is 16.4. The molecule has 1 aliphatic rings. The largest absolute Gasteiger partial charge is 0.468 e. The highest BCUT2D eigenvalue weighted by Gasteiger charge is 2.46. The lowest BCUT2D eigenvalue weighted by Gasteiger charge is -2.27. The van der Waals surface area contributed by atoms with Crippen LogP contribution in [0.1, 0.15) is 43.9 Å². The summed E-state index contributed by atoms with van der Waals surface area (Å²) in [5.41, 5.74) is -0.569. The van der Waals surface area contributed by atoms with Gasteiger partial charge in [-0.05, 0) is 39.7 Å². The van der Waals surface area contributed by atoms with E-state index in [1.54, 1.807) is 0 Å². The molecular weight excluding hydrogens is 244 g/mol. The summed E-state index contributed by atoms with van der Waals surface area (Å²) in [6.07, 6.45) is 2.39. The van der Waals surface area contributed by atoms with E-state index in [1.807, 2.05) is 25.5 Å². The molecule has 1 aromatic rings. The highest BCUT2D eigenvalue weighted by molar-refractivity contribution is 5.81. The van der Waals surface area contributed by atoms with Crippen LogP contribution >= 0.6 is 0 Å². The van der Waals surface area contributed by atoms with Gasteiger partial charge < -0.3 is 10.1 Å². The topological polar surface area (TPSA) is 69.0 Å². The number of rotatable bonds is 4. The third-order valence-corrected chi connectivity index (χ3v) is 3.83. The molecule has 19 heavy (non-hydrogen) atoms. The molecule has 0 spiro atoms. The van der Waals surface area contributed by atoms with Crippen LogP contribution in [0.2, 0.25) is 0 Å². The monoisotopic (exact) mass is 266 g/mol. The number of nitrogens with one attached hydrogen (secondary N) is 1. The summed E-state index contributed by atoms with van der Waals surface area (Å²) >= 11 is 0. The van der Waals surface area contributed by atoms with Gasteiger partial charge in [0, 0.05) is 0 Å². The van der Waals surface area contributed by atoms with Crippen LogP contribution in [-0.2, 0) is 9.53 Å². The van der Waals surface area contributed by atoms with Crippen molar-refractivity contribution in [3.05, 3.63) is 11.6 Å². The quantitative estimate of drug-likeness (QED) is 0.828. The van der Waals surface area contributed by atoms with Crippen molar-refractivity contribution in [1.29, 1.82) is 0 Å². The lowest BCUT2D eigenvalue weighted by atomic mass is 9.97. The van der Waals surface area contributed by atoms with Crippen LogP contribution in [0.5, 0.6) is 0 Å². The number of hydrogen-bond donors (Lipinski definition) is 1. The standard InChI is InChI=1S/C13H22N4O2/c1-5-14-13(12(18)19-4)7-6-11(8-13)17-10(3)15-9(2)16-17/h11,14H,5-8H2,1-4H3. The van der Waals surface area contributed by atoms with Crippen molar-refractivity contribution in [2.75, 3.05) is 13.7 Å². The zero-order chi connectivity index (χ0) is 14.0. The van der Waals surface area contributed by atoms with Crippen molar-refractivity contribution in [2.24, 2.45) is 0 Å². The van der Waals surface area contributed by atoms with Gasteiger partial charge >= 0.3 is 5.97 Å². The molecule has 0 saturated heterocycles. The smallest absolute Gasteiger partial charge is 0.326 e. The molecule has 2 rings (SSSR count). The number of methoxy groups -OCH3 is 1. The first kappa shape index (κ1) is 14.0. The predicted molar refractivity (Wildman–Crippen MR) is 70.8 cm³/mol. The molecule has 2 atom stereocenters. The number of carbonyl (C=O) groups excluding carboxylic acids is 1. The van der Waals surface area contributed by atoms with Gasteiger partial charge in [-0.1, -0.05) is 6.92 Å². The molecule has 0 radical (unpaired) electrons. The summed E-state index contributed by atoms with van der Waals surface area (Å²) in [5, 5.41) is 7.73. The molecular formula is C13H22N4O2. The average Bonchev–Trinajstić information content (AvgIpc) is 2.93. The summed E-state index contributed by atoms with van der Waals surface area (Å²) in [7, 11) is 1.44. The Labute approximate surface area is 113 Å². The van der Waals surface area contributed by atoms with Crippen LogP contribution in [-0.4, -0.2) is 39.9 Å². The number of likely N-dealkylation sites (N-methyl/N-ethyl adjacent to an activating group) is 1. The molecule has 0 bridgehead atoms. The maximum absolute atomic E-state index is 12.1. The molecule has 1 aliphatic carbocycles. The molecule has 0 aromatic carbocycles. The fourth-order valence-electron chi connectivity index (χ4n) is 3.06. The van der Waals surface area contributed by atoms with Crippen LogP contribution in [0.3, 0.4) is 0 Å². The van der Waals surface area contributed by atoms with Gasteiger partial charge in [0.25, 0.3) is 0 Å². The SMILES string of the molecule is CCNC1(C(=O)OC)CCC(n2nc(C)nc2C)C1. The van der Waals surface area contributed by atoms with Crippen molar-refractivity contribution >= 4 is 5.97 Å². The van der Waals surface area contributed by atoms with E-state index in [2.05, 4.69) is 15.4 Å². The van der Waals surface area contributed by atoms with Gasteiger partial charge in [0.05, 0.1) is 13.2 Å². The summed E-state index contributed by atoms with van der Waals surface area (Å²) in [5.74, 6) is 1.50. The molecule has 1 saturated carbocycles. The number of esters is 1. The molecule has 1 heterocycles. The second kappa shape index (κ2) is 5.28. The highest BCUT2D eigenvalue weighted by Crippen LogP contribution is 2.38. The minimum absolute atomic E-state index is 0.175. The minimum Gasteiger partial charge on any atom is -0.468 e. The molecule has 106 valence electrons. The lowest BCUT2D eigenvalue weighted by Crippen LogP contribution is -2.50. The Bertz CT molecular complexity index is 471. The number of ether oxygens (including phenoxy) is 1. The van der Waals surface area contributed by atoms with Crippen molar-refractivity contribution in [1.82, 2.24) is 20.1 Å². The van der Waals surface area contributed by atoms with E-state index in [-0.39, 0.29) is 12.0 Å². The van der Waals surface area contributed by atoms with Gasteiger partial charge in [0.15, 0.2) is 0 Å². The third-order valence-electron chi connectivity index (χ3n) is 3.83. The second-order valence-corrected chi connectivity index (χ2v) is 5.15. The Morgan fingerprint density at radius 1 is 1.58 bits per heavy atom. The van der Waals surface area contributed by atoms with Crippen LogP contribution in [0.25, 0.3) is 0 Å². The van der Waals surface area contributed by atoms with Gasteiger partial charge in [0.2, 0.25) is 0 Å². The molecule has 0 aliphatic heterocycles. The van der Waals surface area contributed by atoms with Gasteiger partial charge in [-0.2, -0.15) is 5.10 Å². The summed E-state index contributed by atoms with van der Waals surface area (Å²) < 4.78 is 6.90. The van der Waals surface area contributed by atoms with Crippen LogP contribution in [0.15, 0.2) is 0 Å². The van der Waals surface area contributed by atoms with Gasteiger partial charge in [-0.25, -0.2) is 9.67 Å². The Kier molecular flexibility index (Phi) is 3.89. The summed E-state index contributed by atoms with van der Waals surface area (Å²) in [6.45, 7) is 6.59. The van der Waals surface area contributed by atoms with Crippen molar-refractivity contribution < 1.29 is 9.53 Å². The van der Waals surface area contributed by atoms with E-state index >= 15 is 0 Å². The number of nitrogens with zero attached hydrogens (tertiary/aromatic N) is 3. The van der Waals surface area contributed by atoms with E-state index in [1.165, 1.54) is 7.11 Å². The maximum Gasteiger partial charge on any atom is 0.326 e. The van der Waals surface area contributed by atoms with Crippen LogP contribution in [0, 0.1) is 13.8 Å². The Morgan fingerprint density at radius 2 is 2.32 bits per heavy atom. The molecule has 2 unspecified atom stereocenters. The van der Waals surface area contributed by atoms with E-state index in [9.17, 15) is 4.79 Å². The first-order chi connectivity index (χ1) is 9.02. The number of carbonyl (C=O) groups is 1. The van der Waals surface area contributed by atoms with E-state index < -0.39 is 5.54 Å². The first-order valence-corrected chi connectivity index (χ1v) is 6.75. The van der Waals surface area contributed by atoms with Crippen LogP contribution in [0.4, 0.5) is 0 Å². The Morgan fingerprint density at radius 3 is 2.84 bits per heavy atom. The van der Waals surface area contributed by atoms with Gasteiger partial charge in [-0.3, -0.25) is 4.79 Å². The van der Waals surface area contributed by atoms with Crippen molar-refractivity contribution in [2.45, 2.75) is 51.6 Å². The Balaban J connectivity index is 2.21. The average molecular weight is 266 g/mol. The second-order valence-electron chi connectivity index (χ2n) is 5.15. The molecule has 1 fully saturated rings. The molecule has 1 N–H and O–H groups in total. The zero-order valence-electron chi connectivity index (χ0n) is 12.1. The maximum atomic E-state index is 12.1. The Hall–Kier alpha value is -1.43. The fourth-order valence-corrected chi connectivity index (χ4v) is 3.06. The molecule has 6 nitrogen and oxygen atoms in total. The lowest BCUT2D eigenvalue weighted by molar-refractivity contribution is -0.148. The van der Waals surface area contributed by atoms with Gasteiger partial charge in [0.1, 0.15) is 17.2 Å². The van der Waals surface area contributed by atoms with E-state index in [0.29, 0.717) is 6.42 Å². The van der Waals surface area contributed by atoms with E-state index in [0.717, 1.165) is 31.0 Å². The highest BCUT2D eigenvalue weighted by atomic mass is 16.5. The number of aryl methyl sites for hydroxylation is 2. The third kappa shape index (κ3) is 2.49. The summed E-state index contributed by atoms with van der Waals surface area (Å²) in [6, 6.07) is 0.208. The number of hydrogen-bond acceptors (Lipinski definition) is 5. The van der Waals surface area contributed by atoms with Crippen LogP contribution < -0.4 is 5.32 Å². The first-order valence-electron chi connectivity index (χ1n) is 6.75. The molecule has 1 aromatic heterocycles. The molecule has 6 heteroatoms. The number of aromatic nitrogens is 3.